The third-order valence-corrected chi connectivity index (χ3v) is 3.68. The Bertz CT molecular complexity index is 589. The van der Waals surface area contributed by atoms with Crippen molar-refractivity contribution in [2.75, 3.05) is 0 Å². The van der Waals surface area contributed by atoms with E-state index in [0.717, 1.165) is 22.3 Å². The highest BCUT2D eigenvalue weighted by atomic mass is 16.5. The molecule has 1 heterocycles. The fourth-order valence-electron chi connectivity index (χ4n) is 2.62. The second-order valence-electron chi connectivity index (χ2n) is 5.15. The van der Waals surface area contributed by atoms with Gasteiger partial charge in [0.05, 0.1) is 6.42 Å². The summed E-state index contributed by atoms with van der Waals surface area (Å²) in [7, 11) is 0. The Labute approximate surface area is 117 Å². The van der Waals surface area contributed by atoms with Crippen LogP contribution in [0.2, 0.25) is 0 Å². The number of rotatable bonds is 3. The Kier molecular flexibility index (Phi) is 3.70. The lowest BCUT2D eigenvalue weighted by Gasteiger charge is -2.16. The molecule has 0 saturated heterocycles. The molecule has 0 aromatic heterocycles. The Morgan fingerprint density at radius 1 is 1.25 bits per heavy atom. The molecule has 5 heteroatoms. The molecule has 1 aromatic carbocycles. The van der Waals surface area contributed by atoms with Crippen LogP contribution in [0.5, 0.6) is 11.5 Å². The molecule has 0 aliphatic carbocycles. The van der Waals surface area contributed by atoms with Gasteiger partial charge in [-0.1, -0.05) is 0 Å². The molecule has 0 bridgehead atoms. The molecule has 0 unspecified atom stereocenters. The van der Waals surface area contributed by atoms with Crippen molar-refractivity contribution in [2.45, 2.75) is 46.6 Å². The molecule has 5 nitrogen and oxygen atoms in total. The van der Waals surface area contributed by atoms with E-state index in [1.165, 1.54) is 6.92 Å². The first-order chi connectivity index (χ1) is 9.31. The van der Waals surface area contributed by atoms with E-state index in [1.807, 2.05) is 20.8 Å². The van der Waals surface area contributed by atoms with Crippen molar-refractivity contribution >= 4 is 11.9 Å². The molecule has 1 N–H and O–H groups in total. The molecule has 0 amide bonds. The number of esters is 1. The Hall–Kier alpha value is -2.04. The fraction of sp³-hybridized carbons (Fsp3) is 0.467. The third kappa shape index (κ3) is 2.48. The van der Waals surface area contributed by atoms with Crippen LogP contribution in [0, 0.1) is 20.8 Å². The lowest BCUT2D eigenvalue weighted by atomic mass is 9.95. The van der Waals surface area contributed by atoms with Crippen LogP contribution in [-0.4, -0.2) is 23.1 Å². The number of benzene rings is 1. The standard InChI is InChI=1S/C15H18O5/c1-7-8(2)14(19-10(4)16)9(3)15-12(7)5-11(20-15)6-13(17)18/h11H,5-6H2,1-4H3,(H,17,18)/t11-/m1/s1. The summed E-state index contributed by atoms with van der Waals surface area (Å²) in [6, 6.07) is 0. The van der Waals surface area contributed by atoms with Gasteiger partial charge in [0.25, 0.3) is 0 Å². The highest BCUT2D eigenvalue weighted by molar-refractivity contribution is 5.73. The van der Waals surface area contributed by atoms with Crippen molar-refractivity contribution < 1.29 is 24.2 Å². The monoisotopic (exact) mass is 278 g/mol. The molecule has 1 atom stereocenters. The van der Waals surface area contributed by atoms with E-state index in [-0.39, 0.29) is 18.5 Å². The van der Waals surface area contributed by atoms with Crippen molar-refractivity contribution in [3.8, 4) is 11.5 Å². The minimum atomic E-state index is -0.880. The van der Waals surface area contributed by atoms with Crippen LogP contribution < -0.4 is 9.47 Å². The second-order valence-corrected chi connectivity index (χ2v) is 5.15. The zero-order valence-electron chi connectivity index (χ0n) is 12.1. The van der Waals surface area contributed by atoms with Gasteiger partial charge in [-0.15, -0.1) is 0 Å². The number of fused-ring (bicyclic) bond motifs is 1. The maximum atomic E-state index is 11.2. The maximum absolute atomic E-state index is 11.2. The summed E-state index contributed by atoms with van der Waals surface area (Å²) >= 11 is 0. The zero-order chi connectivity index (χ0) is 15.0. The Balaban J connectivity index is 2.44. The largest absolute Gasteiger partial charge is 0.489 e. The van der Waals surface area contributed by atoms with Gasteiger partial charge >= 0.3 is 11.9 Å². The summed E-state index contributed by atoms with van der Waals surface area (Å²) in [5.41, 5.74) is 3.67. The van der Waals surface area contributed by atoms with Gasteiger partial charge in [0.1, 0.15) is 17.6 Å². The molecule has 0 fully saturated rings. The number of carboxylic acid groups (broad SMARTS) is 1. The second kappa shape index (κ2) is 5.15. The van der Waals surface area contributed by atoms with Crippen LogP contribution in [0.3, 0.4) is 0 Å². The normalized spacial score (nSPS) is 16.5. The van der Waals surface area contributed by atoms with E-state index in [9.17, 15) is 9.59 Å². The Morgan fingerprint density at radius 2 is 1.90 bits per heavy atom. The molecule has 0 saturated carbocycles. The predicted octanol–water partition coefficient (Wildman–Crippen LogP) is 2.32. The van der Waals surface area contributed by atoms with Crippen LogP contribution >= 0.6 is 0 Å². The highest BCUT2D eigenvalue weighted by Crippen LogP contribution is 2.43. The maximum Gasteiger partial charge on any atom is 0.308 e. The quantitative estimate of drug-likeness (QED) is 0.678. The van der Waals surface area contributed by atoms with Gasteiger partial charge in [-0.3, -0.25) is 9.59 Å². The highest BCUT2D eigenvalue weighted by Gasteiger charge is 2.31. The molecule has 0 radical (unpaired) electrons. The van der Waals surface area contributed by atoms with Gasteiger partial charge in [0.2, 0.25) is 0 Å². The van der Waals surface area contributed by atoms with Crippen LogP contribution in [-0.2, 0) is 16.0 Å². The minimum Gasteiger partial charge on any atom is -0.489 e. The molecule has 2 rings (SSSR count). The summed E-state index contributed by atoms with van der Waals surface area (Å²) in [6.45, 7) is 7.01. The summed E-state index contributed by atoms with van der Waals surface area (Å²) < 4.78 is 11.0. The number of hydrogen-bond acceptors (Lipinski definition) is 4. The summed E-state index contributed by atoms with van der Waals surface area (Å²) in [4.78, 5) is 22.0. The van der Waals surface area contributed by atoms with E-state index in [4.69, 9.17) is 14.6 Å². The van der Waals surface area contributed by atoms with Crippen molar-refractivity contribution in [2.24, 2.45) is 0 Å². The number of hydrogen-bond donors (Lipinski definition) is 1. The molecular weight excluding hydrogens is 260 g/mol. The fourth-order valence-corrected chi connectivity index (χ4v) is 2.62. The average molecular weight is 278 g/mol. The smallest absolute Gasteiger partial charge is 0.308 e. The molecule has 1 aromatic rings. The molecule has 108 valence electrons. The van der Waals surface area contributed by atoms with Crippen molar-refractivity contribution in [3.05, 3.63) is 22.3 Å². The number of carboxylic acids is 1. The summed E-state index contributed by atoms with van der Waals surface area (Å²) in [6.07, 6.45) is 0.192. The first-order valence-electron chi connectivity index (χ1n) is 6.50. The number of aliphatic carboxylic acids is 1. The van der Waals surface area contributed by atoms with E-state index >= 15 is 0 Å². The third-order valence-electron chi connectivity index (χ3n) is 3.68. The van der Waals surface area contributed by atoms with E-state index in [0.29, 0.717) is 17.9 Å². The van der Waals surface area contributed by atoms with Gasteiger partial charge in [-0.05, 0) is 31.9 Å². The first kappa shape index (κ1) is 14.4. The van der Waals surface area contributed by atoms with E-state index in [2.05, 4.69) is 0 Å². The van der Waals surface area contributed by atoms with Crippen molar-refractivity contribution in [1.29, 1.82) is 0 Å². The molecule has 1 aliphatic heterocycles. The predicted molar refractivity (Wildman–Crippen MR) is 72.3 cm³/mol. The number of ether oxygens (including phenoxy) is 2. The topological polar surface area (TPSA) is 72.8 Å². The molecule has 0 spiro atoms. The molecular formula is C15H18O5. The number of carbonyl (C=O) groups excluding carboxylic acids is 1. The van der Waals surface area contributed by atoms with Crippen LogP contribution in [0.1, 0.15) is 35.6 Å². The molecule has 20 heavy (non-hydrogen) atoms. The summed E-state index contributed by atoms with van der Waals surface area (Å²) in [5.74, 6) is -0.0778. The SMILES string of the molecule is CC(=O)Oc1c(C)c(C)c2c(c1C)O[C@@H](CC(=O)O)C2. The van der Waals surface area contributed by atoms with Crippen molar-refractivity contribution in [1.82, 2.24) is 0 Å². The lowest BCUT2D eigenvalue weighted by molar-refractivity contribution is -0.138. The van der Waals surface area contributed by atoms with Gasteiger partial charge in [-0.25, -0.2) is 0 Å². The van der Waals surface area contributed by atoms with Crippen LogP contribution in [0.4, 0.5) is 0 Å². The van der Waals surface area contributed by atoms with Gasteiger partial charge in [0, 0.05) is 24.5 Å². The van der Waals surface area contributed by atoms with Crippen LogP contribution in [0.25, 0.3) is 0 Å². The zero-order valence-corrected chi connectivity index (χ0v) is 12.1. The Morgan fingerprint density at radius 3 is 2.45 bits per heavy atom. The van der Waals surface area contributed by atoms with Crippen LogP contribution in [0.15, 0.2) is 0 Å². The van der Waals surface area contributed by atoms with E-state index in [1.54, 1.807) is 0 Å². The van der Waals surface area contributed by atoms with Crippen molar-refractivity contribution in [3.63, 3.8) is 0 Å². The lowest BCUT2D eigenvalue weighted by Crippen LogP contribution is -2.17. The average Bonchev–Trinajstić information content (AvgIpc) is 2.75. The van der Waals surface area contributed by atoms with E-state index < -0.39 is 5.97 Å². The molecule has 1 aliphatic rings. The van der Waals surface area contributed by atoms with Gasteiger partial charge in [-0.2, -0.15) is 0 Å². The minimum absolute atomic E-state index is 0.0322. The summed E-state index contributed by atoms with van der Waals surface area (Å²) in [5, 5.41) is 8.87. The van der Waals surface area contributed by atoms with Gasteiger partial charge < -0.3 is 14.6 Å². The number of carbonyl (C=O) groups is 2. The van der Waals surface area contributed by atoms with Gasteiger partial charge in [0.15, 0.2) is 0 Å². The first-order valence-corrected chi connectivity index (χ1v) is 6.50.